The highest BCUT2D eigenvalue weighted by atomic mass is 19.1. The van der Waals surface area contributed by atoms with Gasteiger partial charge in [-0.2, -0.15) is 0 Å². The standard InChI is InChI=1S/C28H36B2FN3O10/c1-15-10-33(11-16(2)44-15)12-17-6-4-7-18(22(17)31)13-43-20-9-5-8-19-21(20)27(29,30)34(23(19)36)26(40,24(37)32-3)28(41,42)25(38,39)14-35/h4-9,14-16,38-42H,10-13,29-30H2,1-3H3,(H,32,37). The van der Waals surface area contributed by atoms with E-state index in [1.165, 1.54) is 33.9 Å². The Kier molecular flexibility index (Phi) is 9.03. The first-order valence-electron chi connectivity index (χ1n) is 14.0. The first-order valence-corrected chi connectivity index (χ1v) is 14.0. The third kappa shape index (κ3) is 5.40. The van der Waals surface area contributed by atoms with Crippen molar-refractivity contribution in [3.63, 3.8) is 0 Å². The molecule has 0 saturated carbocycles. The lowest BCUT2D eigenvalue weighted by molar-refractivity contribution is -0.400. The maximum absolute atomic E-state index is 15.6. The first-order chi connectivity index (χ1) is 20.4. The molecule has 2 aliphatic rings. The van der Waals surface area contributed by atoms with Gasteiger partial charge in [-0.25, -0.2) is 4.39 Å². The first kappa shape index (κ1) is 33.5. The summed E-state index contributed by atoms with van der Waals surface area (Å²) in [4.78, 5) is 40.4. The van der Waals surface area contributed by atoms with E-state index in [4.69, 9.17) is 9.47 Å². The normalized spacial score (nSPS) is 21.8. The molecule has 0 spiro atoms. The summed E-state index contributed by atoms with van der Waals surface area (Å²) in [5.74, 6) is -11.6. The van der Waals surface area contributed by atoms with Gasteiger partial charge in [-0.3, -0.25) is 19.3 Å². The molecule has 13 nitrogen and oxygen atoms in total. The second kappa shape index (κ2) is 11.9. The van der Waals surface area contributed by atoms with E-state index in [0.717, 1.165) is 7.05 Å². The molecule has 2 aromatic rings. The quantitative estimate of drug-likeness (QED) is 0.0900. The van der Waals surface area contributed by atoms with E-state index < -0.39 is 46.6 Å². The fraction of sp³-hybridized carbons (Fsp3) is 0.464. The number of nitrogens with one attached hydrogen (secondary N) is 1. The second-order valence-corrected chi connectivity index (χ2v) is 11.8. The predicted octanol–water partition coefficient (Wildman–Crippen LogP) is -3.16. The Labute approximate surface area is 255 Å². The van der Waals surface area contributed by atoms with Crippen molar-refractivity contribution in [3.8, 4) is 5.75 Å². The van der Waals surface area contributed by atoms with Crippen molar-refractivity contribution >= 4 is 33.8 Å². The molecule has 4 rings (SSSR count). The summed E-state index contributed by atoms with van der Waals surface area (Å²) < 4.78 is 27.4. The minimum absolute atomic E-state index is 0.00614. The molecule has 2 heterocycles. The van der Waals surface area contributed by atoms with Crippen LogP contribution in [0.2, 0.25) is 0 Å². The zero-order valence-corrected chi connectivity index (χ0v) is 25.1. The molecule has 1 saturated heterocycles. The van der Waals surface area contributed by atoms with Crippen LogP contribution in [0.25, 0.3) is 0 Å². The van der Waals surface area contributed by atoms with Gasteiger partial charge in [-0.15, -0.1) is 0 Å². The van der Waals surface area contributed by atoms with Crippen LogP contribution in [0.3, 0.4) is 0 Å². The monoisotopic (exact) mass is 615 g/mol. The van der Waals surface area contributed by atoms with E-state index in [1.807, 2.05) is 19.2 Å². The van der Waals surface area contributed by atoms with Gasteiger partial charge in [0, 0.05) is 54.3 Å². The number of amides is 2. The average molecular weight is 615 g/mol. The molecule has 0 aliphatic carbocycles. The predicted molar refractivity (Wildman–Crippen MR) is 157 cm³/mol. The summed E-state index contributed by atoms with van der Waals surface area (Å²) in [5, 5.41) is 53.2. The summed E-state index contributed by atoms with van der Waals surface area (Å²) in [6.07, 6.45) is -0.697. The van der Waals surface area contributed by atoms with E-state index in [1.54, 1.807) is 18.2 Å². The molecule has 0 bridgehead atoms. The number of carbonyl (C=O) groups is 3. The van der Waals surface area contributed by atoms with E-state index in [9.17, 15) is 39.9 Å². The van der Waals surface area contributed by atoms with Crippen LogP contribution in [0, 0.1) is 5.82 Å². The summed E-state index contributed by atoms with van der Waals surface area (Å²) in [7, 11) is 3.64. The number of aldehydes is 1. The summed E-state index contributed by atoms with van der Waals surface area (Å²) in [6.45, 7) is 5.28. The lowest BCUT2D eigenvalue weighted by atomic mass is 9.57. The minimum atomic E-state index is -4.32. The zero-order chi connectivity index (χ0) is 32.8. The number of halogens is 1. The van der Waals surface area contributed by atoms with Gasteiger partial charge in [-0.1, -0.05) is 24.3 Å². The van der Waals surface area contributed by atoms with Gasteiger partial charge in [0.1, 0.15) is 33.9 Å². The van der Waals surface area contributed by atoms with Gasteiger partial charge in [0.25, 0.3) is 29.1 Å². The lowest BCUT2D eigenvalue weighted by Gasteiger charge is -2.51. The Hall–Kier alpha value is -3.37. The maximum Gasteiger partial charge on any atom is 0.285 e. The number of hydrogen-bond donors (Lipinski definition) is 6. The summed E-state index contributed by atoms with van der Waals surface area (Å²) in [6, 6.07) is 9.14. The third-order valence-corrected chi connectivity index (χ3v) is 8.09. The largest absolute Gasteiger partial charge is 0.488 e. The average Bonchev–Trinajstić information content (AvgIpc) is 3.17. The summed E-state index contributed by atoms with van der Waals surface area (Å²) >= 11 is 0. The molecule has 2 amide bonds. The highest BCUT2D eigenvalue weighted by molar-refractivity contribution is 6.43. The molecule has 2 aliphatic heterocycles. The SMILES string of the molecule is BC1(B)c2c(OCc3cccc(CN4CC(C)OC(C)C4)c3F)cccc2C(=O)N1C(O)(C(=O)NC)C(O)(O)C(O)(O)C=O. The molecule has 0 radical (unpaired) electrons. The fourth-order valence-corrected chi connectivity index (χ4v) is 6.10. The number of fused-ring (bicyclic) bond motifs is 1. The second-order valence-electron chi connectivity index (χ2n) is 11.8. The van der Waals surface area contributed by atoms with Crippen molar-refractivity contribution in [1.29, 1.82) is 0 Å². The van der Waals surface area contributed by atoms with E-state index in [-0.39, 0.29) is 41.3 Å². The van der Waals surface area contributed by atoms with Crippen LogP contribution in [0.4, 0.5) is 4.39 Å². The van der Waals surface area contributed by atoms with Gasteiger partial charge < -0.3 is 45.2 Å². The fourth-order valence-electron chi connectivity index (χ4n) is 6.10. The molecule has 3 unspecified atom stereocenters. The molecule has 2 aromatic carbocycles. The van der Waals surface area contributed by atoms with Crippen molar-refractivity contribution in [3.05, 3.63) is 64.5 Å². The number of likely N-dealkylation sites (N-methyl/N-ethyl adjacent to an activating group) is 1. The highest BCUT2D eigenvalue weighted by Gasteiger charge is 2.73. The van der Waals surface area contributed by atoms with E-state index in [2.05, 4.69) is 4.90 Å². The van der Waals surface area contributed by atoms with Gasteiger partial charge in [-0.05, 0) is 26.0 Å². The van der Waals surface area contributed by atoms with E-state index in [0.29, 0.717) is 30.1 Å². The maximum atomic E-state index is 15.6. The van der Waals surface area contributed by atoms with Crippen LogP contribution < -0.4 is 10.1 Å². The van der Waals surface area contributed by atoms with Crippen molar-refractivity contribution in [2.24, 2.45) is 0 Å². The molecular formula is C28H36B2FN3O10. The van der Waals surface area contributed by atoms with Crippen LogP contribution in [0.15, 0.2) is 36.4 Å². The van der Waals surface area contributed by atoms with Crippen molar-refractivity contribution in [1.82, 2.24) is 15.1 Å². The van der Waals surface area contributed by atoms with Gasteiger partial charge in [0.05, 0.1) is 12.2 Å². The van der Waals surface area contributed by atoms with Crippen LogP contribution in [0.5, 0.6) is 5.75 Å². The van der Waals surface area contributed by atoms with Crippen LogP contribution >= 0.6 is 0 Å². The van der Waals surface area contributed by atoms with Crippen LogP contribution in [-0.4, -0.2) is 119 Å². The molecular weight excluding hydrogens is 579 g/mol. The van der Waals surface area contributed by atoms with Crippen molar-refractivity contribution < 1.29 is 53.8 Å². The molecule has 6 N–H and O–H groups in total. The Morgan fingerprint density at radius 1 is 1.11 bits per heavy atom. The van der Waals surface area contributed by atoms with Gasteiger partial charge in [0.15, 0.2) is 6.29 Å². The van der Waals surface area contributed by atoms with Crippen molar-refractivity contribution in [2.45, 2.75) is 61.8 Å². The minimum Gasteiger partial charge on any atom is -0.488 e. The molecule has 236 valence electrons. The Balaban J connectivity index is 1.68. The lowest BCUT2D eigenvalue weighted by Crippen LogP contribution is -2.81. The topological polar surface area (TPSA) is 189 Å². The highest BCUT2D eigenvalue weighted by Crippen LogP contribution is 2.47. The van der Waals surface area contributed by atoms with Crippen LogP contribution in [0.1, 0.15) is 40.9 Å². The number of benzene rings is 2. The van der Waals surface area contributed by atoms with Gasteiger partial charge in [0.2, 0.25) is 0 Å². The summed E-state index contributed by atoms with van der Waals surface area (Å²) in [5.41, 5.74) is -3.21. The molecule has 44 heavy (non-hydrogen) atoms. The molecule has 0 aromatic heterocycles. The van der Waals surface area contributed by atoms with Crippen molar-refractivity contribution in [2.75, 3.05) is 20.1 Å². The zero-order valence-electron chi connectivity index (χ0n) is 25.1. The number of morpholine rings is 1. The Morgan fingerprint density at radius 3 is 2.30 bits per heavy atom. The Morgan fingerprint density at radius 2 is 1.70 bits per heavy atom. The van der Waals surface area contributed by atoms with E-state index >= 15 is 4.39 Å². The van der Waals surface area contributed by atoms with Crippen LogP contribution in [-0.2, 0) is 32.8 Å². The number of hydrogen-bond acceptors (Lipinski definition) is 11. The number of nitrogens with zero attached hydrogens (tertiary/aromatic N) is 2. The Bertz CT molecular complexity index is 1450. The molecule has 16 heteroatoms. The molecule has 3 atom stereocenters. The third-order valence-electron chi connectivity index (χ3n) is 8.09. The van der Waals surface area contributed by atoms with Gasteiger partial charge >= 0.3 is 0 Å². The number of aliphatic hydroxyl groups is 5. The molecule has 1 fully saturated rings. The number of rotatable bonds is 10. The number of carbonyl (C=O) groups excluding carboxylic acids is 3. The number of ether oxygens (including phenoxy) is 2. The smallest absolute Gasteiger partial charge is 0.285 e.